The molecule has 1 heterocycles. The highest BCUT2D eigenvalue weighted by Crippen LogP contribution is 2.27. The fourth-order valence-corrected chi connectivity index (χ4v) is 4.79. The smallest absolute Gasteiger partial charge is 0.321 e. The number of carbonyl (C=O) groups is 2. The van der Waals surface area contributed by atoms with E-state index in [1.165, 1.54) is 11.4 Å². The molecule has 19 heavy (non-hydrogen) atoms. The van der Waals surface area contributed by atoms with Crippen LogP contribution in [-0.4, -0.2) is 36.6 Å². The summed E-state index contributed by atoms with van der Waals surface area (Å²) in [7, 11) is -3.99. The first-order valence-corrected chi connectivity index (χ1v) is 8.09. The van der Waals surface area contributed by atoms with Crippen molar-refractivity contribution in [1.82, 2.24) is 4.72 Å². The van der Waals surface area contributed by atoms with Gasteiger partial charge in [-0.1, -0.05) is 0 Å². The molecule has 0 saturated carbocycles. The van der Waals surface area contributed by atoms with E-state index in [-0.39, 0.29) is 10.6 Å². The lowest BCUT2D eigenvalue weighted by Gasteiger charge is -2.13. The number of hydrogen-bond acceptors (Lipinski definition) is 5. The SMILES string of the molecule is O=C(O)CC[C@H](NS(=O)(=O)c1sccc1Br)C(=O)O. The summed E-state index contributed by atoms with van der Waals surface area (Å²) < 4.78 is 26.1. The van der Waals surface area contributed by atoms with Gasteiger partial charge < -0.3 is 10.2 Å². The molecule has 0 aromatic carbocycles. The van der Waals surface area contributed by atoms with Gasteiger partial charge in [0.1, 0.15) is 10.3 Å². The van der Waals surface area contributed by atoms with E-state index in [2.05, 4.69) is 15.9 Å². The van der Waals surface area contributed by atoms with E-state index in [0.717, 1.165) is 11.3 Å². The molecule has 0 amide bonds. The Morgan fingerprint density at radius 3 is 2.47 bits per heavy atom. The Morgan fingerprint density at radius 1 is 1.42 bits per heavy atom. The number of thiophene rings is 1. The molecule has 0 aliphatic rings. The predicted molar refractivity (Wildman–Crippen MR) is 70.6 cm³/mol. The van der Waals surface area contributed by atoms with Gasteiger partial charge in [-0.25, -0.2) is 8.42 Å². The van der Waals surface area contributed by atoms with Gasteiger partial charge in [0.15, 0.2) is 0 Å². The number of carboxylic acids is 2. The van der Waals surface area contributed by atoms with Crippen molar-refractivity contribution in [2.75, 3.05) is 0 Å². The summed E-state index contributed by atoms with van der Waals surface area (Å²) >= 11 is 3.97. The van der Waals surface area contributed by atoms with Gasteiger partial charge in [0.25, 0.3) is 10.0 Å². The number of carboxylic acid groups (broad SMARTS) is 2. The minimum Gasteiger partial charge on any atom is -0.481 e. The van der Waals surface area contributed by atoms with E-state index in [4.69, 9.17) is 10.2 Å². The van der Waals surface area contributed by atoms with Crippen molar-refractivity contribution in [3.05, 3.63) is 15.9 Å². The molecular formula is C9H10BrNO6S2. The van der Waals surface area contributed by atoms with E-state index in [9.17, 15) is 18.0 Å². The van der Waals surface area contributed by atoms with Crippen LogP contribution in [0, 0.1) is 0 Å². The van der Waals surface area contributed by atoms with Crippen molar-refractivity contribution in [1.29, 1.82) is 0 Å². The van der Waals surface area contributed by atoms with E-state index in [1.807, 2.05) is 4.72 Å². The summed E-state index contributed by atoms with van der Waals surface area (Å²) in [5.74, 6) is -2.61. The largest absolute Gasteiger partial charge is 0.481 e. The molecule has 3 N–H and O–H groups in total. The third kappa shape index (κ3) is 4.56. The number of sulfonamides is 1. The van der Waals surface area contributed by atoms with Gasteiger partial charge in [0.05, 0.1) is 0 Å². The average Bonchev–Trinajstić information content (AvgIpc) is 2.70. The van der Waals surface area contributed by atoms with E-state index in [0.29, 0.717) is 4.47 Å². The van der Waals surface area contributed by atoms with Crippen molar-refractivity contribution >= 4 is 49.2 Å². The van der Waals surface area contributed by atoms with Crippen molar-refractivity contribution in [2.45, 2.75) is 23.1 Å². The van der Waals surface area contributed by atoms with Gasteiger partial charge in [0, 0.05) is 10.9 Å². The Kier molecular flexibility index (Phi) is 5.47. The maximum atomic E-state index is 11.9. The maximum absolute atomic E-state index is 11.9. The maximum Gasteiger partial charge on any atom is 0.321 e. The zero-order valence-electron chi connectivity index (χ0n) is 9.37. The van der Waals surface area contributed by atoms with Crippen molar-refractivity contribution < 1.29 is 28.2 Å². The molecule has 0 fully saturated rings. The normalized spacial score (nSPS) is 13.1. The molecule has 106 valence electrons. The molecule has 0 unspecified atom stereocenters. The number of rotatable bonds is 7. The van der Waals surface area contributed by atoms with Crippen LogP contribution in [0.25, 0.3) is 0 Å². The summed E-state index contributed by atoms with van der Waals surface area (Å²) in [5.41, 5.74) is 0. The molecule has 1 rings (SSSR count). The number of nitrogens with one attached hydrogen (secondary N) is 1. The molecule has 0 saturated heterocycles. The summed E-state index contributed by atoms with van der Waals surface area (Å²) in [6, 6.07) is 0.0433. The van der Waals surface area contributed by atoms with Crippen LogP contribution in [0.4, 0.5) is 0 Å². The van der Waals surface area contributed by atoms with Crippen LogP contribution in [-0.2, 0) is 19.6 Å². The summed E-state index contributed by atoms with van der Waals surface area (Å²) in [6.45, 7) is 0. The lowest BCUT2D eigenvalue weighted by Crippen LogP contribution is -2.40. The molecule has 0 radical (unpaired) electrons. The van der Waals surface area contributed by atoms with Gasteiger partial charge in [-0.2, -0.15) is 4.72 Å². The van der Waals surface area contributed by atoms with Crippen LogP contribution < -0.4 is 4.72 Å². The van der Waals surface area contributed by atoms with Crippen LogP contribution in [0.1, 0.15) is 12.8 Å². The Balaban J connectivity index is 2.87. The van der Waals surface area contributed by atoms with E-state index in [1.54, 1.807) is 0 Å². The van der Waals surface area contributed by atoms with Crippen molar-refractivity contribution in [3.8, 4) is 0 Å². The van der Waals surface area contributed by atoms with Gasteiger partial charge in [-0.05, 0) is 33.8 Å². The van der Waals surface area contributed by atoms with Crippen LogP contribution in [0.2, 0.25) is 0 Å². The van der Waals surface area contributed by atoms with Crippen molar-refractivity contribution in [2.24, 2.45) is 0 Å². The molecular weight excluding hydrogens is 362 g/mol. The van der Waals surface area contributed by atoms with E-state index >= 15 is 0 Å². The van der Waals surface area contributed by atoms with Crippen LogP contribution in [0.15, 0.2) is 20.1 Å². The minimum atomic E-state index is -3.99. The number of aliphatic carboxylic acids is 2. The Morgan fingerprint density at radius 2 is 2.05 bits per heavy atom. The summed E-state index contributed by atoms with van der Waals surface area (Å²) in [6.07, 6.45) is -0.766. The molecule has 1 atom stereocenters. The van der Waals surface area contributed by atoms with Gasteiger partial charge in [-0.3, -0.25) is 9.59 Å². The fraction of sp³-hybridized carbons (Fsp3) is 0.333. The highest BCUT2D eigenvalue weighted by atomic mass is 79.9. The summed E-state index contributed by atoms with van der Waals surface area (Å²) in [5, 5.41) is 18.9. The Hall–Kier alpha value is -0.970. The molecule has 0 spiro atoms. The Bertz CT molecular complexity index is 581. The average molecular weight is 372 g/mol. The number of hydrogen-bond donors (Lipinski definition) is 3. The highest BCUT2D eigenvalue weighted by molar-refractivity contribution is 9.10. The van der Waals surface area contributed by atoms with Gasteiger partial charge in [-0.15, -0.1) is 11.3 Å². The molecule has 0 aliphatic carbocycles. The van der Waals surface area contributed by atoms with Crippen LogP contribution in [0.3, 0.4) is 0 Å². The van der Waals surface area contributed by atoms with Gasteiger partial charge in [0.2, 0.25) is 0 Å². The lowest BCUT2D eigenvalue weighted by molar-refractivity contribution is -0.140. The molecule has 10 heteroatoms. The van der Waals surface area contributed by atoms with Crippen molar-refractivity contribution in [3.63, 3.8) is 0 Å². The summed E-state index contributed by atoms with van der Waals surface area (Å²) in [4.78, 5) is 21.3. The fourth-order valence-electron chi connectivity index (χ4n) is 1.21. The minimum absolute atomic E-state index is 0.0472. The first kappa shape index (κ1) is 16.1. The monoisotopic (exact) mass is 371 g/mol. The highest BCUT2D eigenvalue weighted by Gasteiger charge is 2.27. The second-order valence-electron chi connectivity index (χ2n) is 3.50. The first-order valence-electron chi connectivity index (χ1n) is 4.94. The van der Waals surface area contributed by atoms with E-state index < -0.39 is 34.4 Å². The third-order valence-electron chi connectivity index (χ3n) is 2.07. The second kappa shape index (κ2) is 6.46. The number of halogens is 1. The topological polar surface area (TPSA) is 121 Å². The lowest BCUT2D eigenvalue weighted by atomic mass is 10.2. The predicted octanol–water partition coefficient (Wildman–Crippen LogP) is 1.11. The molecule has 1 aromatic rings. The molecule has 1 aromatic heterocycles. The zero-order valence-corrected chi connectivity index (χ0v) is 12.6. The standard InChI is InChI=1S/C9H10BrNO6S2/c10-5-3-4-18-9(5)19(16,17)11-6(8(14)15)1-2-7(12)13/h3-4,6,11H,1-2H2,(H,12,13)(H,14,15)/t6-/m0/s1. The quantitative estimate of drug-likeness (QED) is 0.659. The zero-order chi connectivity index (χ0) is 14.6. The molecule has 7 nitrogen and oxygen atoms in total. The molecule has 0 aliphatic heterocycles. The second-order valence-corrected chi connectivity index (χ2v) is 7.18. The first-order chi connectivity index (χ1) is 8.74. The molecule has 0 bridgehead atoms. The van der Waals surface area contributed by atoms with Gasteiger partial charge >= 0.3 is 11.9 Å². The Labute approximate surface area is 121 Å². The third-order valence-corrected chi connectivity index (χ3v) is 6.21. The van der Waals surface area contributed by atoms with Crippen LogP contribution in [0.5, 0.6) is 0 Å². The van der Waals surface area contributed by atoms with Crippen LogP contribution >= 0.6 is 27.3 Å².